The molecule has 1 N–H and O–H groups in total. The quantitative estimate of drug-likeness (QED) is 0.490. The van der Waals surface area contributed by atoms with Gasteiger partial charge in [0.2, 0.25) is 11.8 Å². The minimum atomic E-state index is -0.576. The van der Waals surface area contributed by atoms with Crippen LogP contribution in [0.15, 0.2) is 53.0 Å². The van der Waals surface area contributed by atoms with E-state index in [0.717, 1.165) is 15.8 Å². The fourth-order valence-electron chi connectivity index (χ4n) is 3.03. The monoisotopic (exact) mass is 488 g/mol. The Bertz CT molecular complexity index is 858. The third-order valence-electron chi connectivity index (χ3n) is 4.76. The molecule has 0 fully saturated rings. The van der Waals surface area contributed by atoms with Crippen molar-refractivity contribution in [3.8, 4) is 5.75 Å². The summed E-state index contributed by atoms with van der Waals surface area (Å²) in [6.45, 7) is 10.4. The molecule has 0 bridgehead atoms. The van der Waals surface area contributed by atoms with Gasteiger partial charge in [0.1, 0.15) is 11.8 Å². The fourth-order valence-corrected chi connectivity index (χ4v) is 3.30. The zero-order valence-electron chi connectivity index (χ0n) is 19.1. The lowest BCUT2D eigenvalue weighted by Gasteiger charge is -2.31. The molecule has 2 amide bonds. The molecule has 0 saturated heterocycles. The van der Waals surface area contributed by atoms with Crippen LogP contribution < -0.4 is 10.1 Å². The SMILES string of the molecule is Cc1ccc(OCCCC(=O)N(Cc2ccc(Br)cc2)C(C)C(=O)NC(C)(C)C)cc1. The third-order valence-corrected chi connectivity index (χ3v) is 5.29. The van der Waals surface area contributed by atoms with Crippen LogP contribution in [0.5, 0.6) is 5.75 Å². The van der Waals surface area contributed by atoms with Gasteiger partial charge in [0.25, 0.3) is 0 Å². The van der Waals surface area contributed by atoms with E-state index in [2.05, 4.69) is 21.2 Å². The molecule has 168 valence electrons. The smallest absolute Gasteiger partial charge is 0.242 e. The molecule has 2 aromatic carbocycles. The van der Waals surface area contributed by atoms with Crippen LogP contribution >= 0.6 is 15.9 Å². The summed E-state index contributed by atoms with van der Waals surface area (Å²) >= 11 is 3.43. The van der Waals surface area contributed by atoms with Crippen molar-refractivity contribution in [3.63, 3.8) is 0 Å². The maximum Gasteiger partial charge on any atom is 0.242 e. The number of amides is 2. The molecule has 0 aliphatic heterocycles. The molecule has 1 atom stereocenters. The van der Waals surface area contributed by atoms with Crippen LogP contribution in [-0.2, 0) is 16.1 Å². The van der Waals surface area contributed by atoms with Crippen LogP contribution in [0.1, 0.15) is 51.7 Å². The number of rotatable bonds is 9. The lowest BCUT2D eigenvalue weighted by atomic mass is 10.1. The van der Waals surface area contributed by atoms with Crippen molar-refractivity contribution in [1.29, 1.82) is 0 Å². The minimum Gasteiger partial charge on any atom is -0.494 e. The lowest BCUT2D eigenvalue weighted by Crippen LogP contribution is -2.52. The van der Waals surface area contributed by atoms with Gasteiger partial charge in [-0.1, -0.05) is 45.8 Å². The van der Waals surface area contributed by atoms with E-state index >= 15 is 0 Å². The number of benzene rings is 2. The van der Waals surface area contributed by atoms with Crippen molar-refractivity contribution in [1.82, 2.24) is 10.2 Å². The number of carbonyl (C=O) groups is 2. The van der Waals surface area contributed by atoms with Gasteiger partial charge in [0, 0.05) is 23.0 Å². The van der Waals surface area contributed by atoms with Gasteiger partial charge in [0.05, 0.1) is 6.61 Å². The van der Waals surface area contributed by atoms with Gasteiger partial charge in [-0.15, -0.1) is 0 Å². The second kappa shape index (κ2) is 11.3. The Morgan fingerprint density at radius 1 is 1.06 bits per heavy atom. The first-order chi connectivity index (χ1) is 14.5. The average molecular weight is 489 g/mol. The topological polar surface area (TPSA) is 58.6 Å². The van der Waals surface area contributed by atoms with Gasteiger partial charge in [-0.05, 0) is 70.9 Å². The highest BCUT2D eigenvalue weighted by molar-refractivity contribution is 9.10. The standard InChI is InChI=1S/C25H33BrN2O3/c1-18-8-14-22(15-9-18)31-16-6-7-23(29)28(17-20-10-12-21(26)13-11-20)19(2)24(30)27-25(3,4)5/h8-15,19H,6-7,16-17H2,1-5H3,(H,27,30). The number of halogens is 1. The summed E-state index contributed by atoms with van der Waals surface area (Å²) in [5.74, 6) is 0.573. The lowest BCUT2D eigenvalue weighted by molar-refractivity contribution is -0.141. The number of nitrogens with zero attached hydrogens (tertiary/aromatic N) is 1. The van der Waals surface area contributed by atoms with E-state index < -0.39 is 6.04 Å². The molecule has 0 spiro atoms. The highest BCUT2D eigenvalue weighted by Gasteiger charge is 2.28. The van der Waals surface area contributed by atoms with Crippen LogP contribution in [0.25, 0.3) is 0 Å². The van der Waals surface area contributed by atoms with Crippen molar-refractivity contribution in [3.05, 3.63) is 64.1 Å². The first kappa shape index (κ1) is 24.9. The number of hydrogen-bond acceptors (Lipinski definition) is 3. The van der Waals surface area contributed by atoms with Crippen LogP contribution in [-0.4, -0.2) is 34.9 Å². The molecule has 1 unspecified atom stereocenters. The van der Waals surface area contributed by atoms with Gasteiger partial charge in [0.15, 0.2) is 0 Å². The van der Waals surface area contributed by atoms with Gasteiger partial charge in [-0.3, -0.25) is 9.59 Å². The van der Waals surface area contributed by atoms with Crippen molar-refractivity contribution >= 4 is 27.7 Å². The summed E-state index contributed by atoms with van der Waals surface area (Å²) in [6, 6.07) is 15.1. The van der Waals surface area contributed by atoms with Crippen LogP contribution in [0.3, 0.4) is 0 Å². The largest absolute Gasteiger partial charge is 0.494 e. The summed E-state index contributed by atoms with van der Waals surface area (Å²) in [6.07, 6.45) is 0.896. The van der Waals surface area contributed by atoms with E-state index in [1.165, 1.54) is 5.56 Å². The Morgan fingerprint density at radius 2 is 1.68 bits per heavy atom. The third kappa shape index (κ3) is 8.74. The van der Waals surface area contributed by atoms with Gasteiger partial charge < -0.3 is 15.0 Å². The maximum absolute atomic E-state index is 13.1. The Balaban J connectivity index is 2.01. The van der Waals surface area contributed by atoms with E-state index in [4.69, 9.17) is 4.74 Å². The minimum absolute atomic E-state index is 0.0630. The maximum atomic E-state index is 13.1. The molecule has 0 aromatic heterocycles. The molecule has 0 radical (unpaired) electrons. The zero-order valence-corrected chi connectivity index (χ0v) is 20.7. The molecule has 6 heteroatoms. The molecule has 5 nitrogen and oxygen atoms in total. The van der Waals surface area contributed by atoms with E-state index in [0.29, 0.717) is 26.0 Å². The van der Waals surface area contributed by atoms with E-state index in [1.54, 1.807) is 11.8 Å². The molecule has 31 heavy (non-hydrogen) atoms. The van der Waals surface area contributed by atoms with Crippen molar-refractivity contribution in [2.24, 2.45) is 0 Å². The normalized spacial score (nSPS) is 12.2. The molecular formula is C25H33BrN2O3. The molecule has 0 aliphatic carbocycles. The summed E-state index contributed by atoms with van der Waals surface area (Å²) in [5, 5.41) is 2.98. The van der Waals surface area contributed by atoms with Gasteiger partial charge in [-0.2, -0.15) is 0 Å². The summed E-state index contributed by atoms with van der Waals surface area (Å²) in [7, 11) is 0. The Morgan fingerprint density at radius 3 is 2.26 bits per heavy atom. The van der Waals surface area contributed by atoms with Crippen LogP contribution in [0, 0.1) is 6.92 Å². The van der Waals surface area contributed by atoms with Crippen LogP contribution in [0.4, 0.5) is 0 Å². The molecule has 2 rings (SSSR count). The predicted octanol–water partition coefficient (Wildman–Crippen LogP) is 5.25. The van der Waals surface area contributed by atoms with Crippen LogP contribution in [0.2, 0.25) is 0 Å². The average Bonchev–Trinajstić information content (AvgIpc) is 2.70. The van der Waals surface area contributed by atoms with Crippen molar-refractivity contribution in [2.45, 2.75) is 65.6 Å². The summed E-state index contributed by atoms with van der Waals surface area (Å²) in [5.41, 5.74) is 1.79. The predicted molar refractivity (Wildman–Crippen MR) is 128 cm³/mol. The highest BCUT2D eigenvalue weighted by Crippen LogP contribution is 2.17. The van der Waals surface area contributed by atoms with E-state index in [-0.39, 0.29) is 17.4 Å². The number of nitrogens with one attached hydrogen (secondary N) is 1. The number of ether oxygens (including phenoxy) is 1. The zero-order chi connectivity index (χ0) is 23.0. The Kier molecular flexibility index (Phi) is 9.11. The molecule has 0 saturated carbocycles. The Hall–Kier alpha value is -2.34. The first-order valence-electron chi connectivity index (χ1n) is 10.6. The summed E-state index contributed by atoms with van der Waals surface area (Å²) < 4.78 is 6.71. The number of carbonyl (C=O) groups excluding carboxylic acids is 2. The van der Waals surface area contributed by atoms with Crippen molar-refractivity contribution < 1.29 is 14.3 Å². The second-order valence-electron chi connectivity index (χ2n) is 8.83. The first-order valence-corrected chi connectivity index (χ1v) is 11.4. The fraction of sp³-hybridized carbons (Fsp3) is 0.440. The Labute approximate surface area is 194 Å². The number of aryl methyl sites for hydroxylation is 1. The van der Waals surface area contributed by atoms with E-state index in [1.807, 2.05) is 76.2 Å². The highest BCUT2D eigenvalue weighted by atomic mass is 79.9. The van der Waals surface area contributed by atoms with E-state index in [9.17, 15) is 9.59 Å². The molecular weight excluding hydrogens is 456 g/mol. The molecule has 0 aliphatic rings. The van der Waals surface area contributed by atoms with Gasteiger partial charge >= 0.3 is 0 Å². The van der Waals surface area contributed by atoms with Crippen molar-refractivity contribution in [2.75, 3.05) is 6.61 Å². The molecule has 0 heterocycles. The number of hydrogen-bond donors (Lipinski definition) is 1. The summed E-state index contributed by atoms with van der Waals surface area (Å²) in [4.78, 5) is 27.5. The second-order valence-corrected chi connectivity index (χ2v) is 9.74. The van der Waals surface area contributed by atoms with Gasteiger partial charge in [-0.25, -0.2) is 0 Å². The molecule has 2 aromatic rings.